The minimum atomic E-state index is -3.58. The molecule has 2 atom stereocenters. The molecule has 2 aliphatic heterocycles. The number of sulfonamides is 1. The van der Waals surface area contributed by atoms with E-state index in [0.29, 0.717) is 6.42 Å². The largest absolute Gasteiger partial charge is 0.243 e. The average Bonchev–Trinajstić information content (AvgIpc) is 2.94. The molecule has 2 aliphatic rings. The minimum Gasteiger partial charge on any atom is -0.228 e. The van der Waals surface area contributed by atoms with Gasteiger partial charge in [-0.1, -0.05) is 19.1 Å². The van der Waals surface area contributed by atoms with Gasteiger partial charge in [0.2, 0.25) is 10.0 Å². The number of nitrogens with zero attached hydrogens (tertiary/aromatic N) is 1. The quantitative estimate of drug-likeness (QED) is 0.827. The van der Waals surface area contributed by atoms with Crippen molar-refractivity contribution in [2.45, 2.75) is 36.0 Å². The van der Waals surface area contributed by atoms with Crippen molar-refractivity contribution in [3.63, 3.8) is 0 Å². The lowest BCUT2D eigenvalue weighted by molar-refractivity contribution is 0.402. The lowest BCUT2D eigenvalue weighted by atomic mass is 10.2. The Bertz CT molecular complexity index is 722. The molecule has 2 fully saturated rings. The van der Waals surface area contributed by atoms with Crippen molar-refractivity contribution < 1.29 is 16.8 Å². The van der Waals surface area contributed by atoms with E-state index in [1.165, 1.54) is 4.31 Å². The van der Waals surface area contributed by atoms with Crippen LogP contribution in [0.25, 0.3) is 0 Å². The number of hydrogen-bond acceptors (Lipinski definition) is 4. The van der Waals surface area contributed by atoms with Crippen molar-refractivity contribution in [3.8, 4) is 0 Å². The molecule has 2 heterocycles. The van der Waals surface area contributed by atoms with Gasteiger partial charge in [0.15, 0.2) is 9.84 Å². The molecular weight excluding hydrogens is 298 g/mol. The number of benzene rings is 1. The monoisotopic (exact) mass is 315 g/mol. The Morgan fingerprint density at radius 1 is 1.25 bits per heavy atom. The Hall–Kier alpha value is -0.920. The molecule has 0 saturated carbocycles. The Labute approximate surface area is 119 Å². The highest BCUT2D eigenvalue weighted by molar-refractivity contribution is 7.93. The van der Waals surface area contributed by atoms with E-state index < -0.39 is 25.1 Å². The first-order valence-electron chi connectivity index (χ1n) is 6.67. The average molecular weight is 315 g/mol. The second-order valence-electron chi connectivity index (χ2n) is 5.41. The molecule has 1 aromatic rings. The molecule has 0 amide bonds. The second-order valence-corrected chi connectivity index (χ2v) is 9.63. The van der Waals surface area contributed by atoms with Gasteiger partial charge in [-0.3, -0.25) is 0 Å². The van der Waals surface area contributed by atoms with Crippen molar-refractivity contribution >= 4 is 19.9 Å². The molecule has 0 N–H and O–H groups in total. The van der Waals surface area contributed by atoms with Gasteiger partial charge in [-0.2, -0.15) is 4.31 Å². The summed E-state index contributed by atoms with van der Waals surface area (Å²) in [7, 11) is -6.66. The fourth-order valence-electron chi connectivity index (χ4n) is 2.99. The summed E-state index contributed by atoms with van der Waals surface area (Å²) in [4.78, 5) is 0.250. The molecule has 2 bridgehead atoms. The van der Waals surface area contributed by atoms with Gasteiger partial charge in [-0.05, 0) is 30.5 Å². The predicted molar refractivity (Wildman–Crippen MR) is 75.7 cm³/mol. The normalized spacial score (nSPS) is 28.9. The first-order chi connectivity index (χ1) is 9.34. The second kappa shape index (κ2) is 4.54. The number of fused-ring (bicyclic) bond motifs is 2. The van der Waals surface area contributed by atoms with E-state index in [1.807, 2.05) is 6.92 Å². The number of aryl methyl sites for hydroxylation is 1. The Kier molecular flexibility index (Phi) is 3.19. The molecule has 20 heavy (non-hydrogen) atoms. The van der Waals surface area contributed by atoms with Gasteiger partial charge in [-0.25, -0.2) is 16.8 Å². The zero-order valence-electron chi connectivity index (χ0n) is 11.2. The van der Waals surface area contributed by atoms with Gasteiger partial charge in [0.1, 0.15) is 0 Å². The molecule has 5 nitrogen and oxygen atoms in total. The van der Waals surface area contributed by atoms with Crippen LogP contribution in [0.3, 0.4) is 0 Å². The molecule has 0 spiro atoms. The molecule has 0 aliphatic carbocycles. The van der Waals surface area contributed by atoms with Gasteiger partial charge < -0.3 is 0 Å². The topological polar surface area (TPSA) is 71.5 Å². The van der Waals surface area contributed by atoms with E-state index in [4.69, 9.17) is 0 Å². The van der Waals surface area contributed by atoms with E-state index >= 15 is 0 Å². The standard InChI is InChI=1S/C13H17NO4S2/c1-2-10-3-5-12(6-4-10)20(17,18)14-8-13-7-11(14)9-19(13,15)16/h3-6,11,13H,2,7-9H2,1H3. The van der Waals surface area contributed by atoms with Gasteiger partial charge >= 0.3 is 0 Å². The Balaban J connectivity index is 1.90. The van der Waals surface area contributed by atoms with Crippen LogP contribution >= 0.6 is 0 Å². The first-order valence-corrected chi connectivity index (χ1v) is 9.82. The van der Waals surface area contributed by atoms with Crippen molar-refractivity contribution in [2.75, 3.05) is 12.3 Å². The van der Waals surface area contributed by atoms with Gasteiger partial charge in [0, 0.05) is 12.6 Å². The molecule has 110 valence electrons. The predicted octanol–water partition coefficient (Wildman–Crippen LogP) is 0.809. The van der Waals surface area contributed by atoms with Crippen LogP contribution in [-0.2, 0) is 26.3 Å². The Morgan fingerprint density at radius 3 is 2.35 bits per heavy atom. The molecular formula is C13H17NO4S2. The molecule has 7 heteroatoms. The van der Waals surface area contributed by atoms with E-state index in [0.717, 1.165) is 12.0 Å². The lowest BCUT2D eigenvalue weighted by Gasteiger charge is -2.26. The van der Waals surface area contributed by atoms with E-state index in [2.05, 4.69) is 0 Å². The summed E-state index contributed by atoms with van der Waals surface area (Å²) in [6.45, 7) is 2.11. The molecule has 2 unspecified atom stereocenters. The third-order valence-electron chi connectivity index (χ3n) is 4.20. The van der Waals surface area contributed by atoms with Crippen LogP contribution in [0.4, 0.5) is 0 Å². The summed E-state index contributed by atoms with van der Waals surface area (Å²) in [5, 5.41) is -0.516. The Morgan fingerprint density at radius 2 is 1.90 bits per heavy atom. The third kappa shape index (κ3) is 2.08. The van der Waals surface area contributed by atoms with Crippen molar-refractivity contribution in [2.24, 2.45) is 0 Å². The van der Waals surface area contributed by atoms with Crippen LogP contribution in [0.2, 0.25) is 0 Å². The zero-order valence-corrected chi connectivity index (χ0v) is 12.8. The van der Waals surface area contributed by atoms with Crippen LogP contribution in [0.5, 0.6) is 0 Å². The molecule has 2 saturated heterocycles. The van der Waals surface area contributed by atoms with E-state index in [9.17, 15) is 16.8 Å². The number of hydrogen-bond donors (Lipinski definition) is 0. The smallest absolute Gasteiger partial charge is 0.228 e. The number of sulfone groups is 1. The molecule has 0 aromatic heterocycles. The van der Waals surface area contributed by atoms with Crippen LogP contribution in [0.1, 0.15) is 18.9 Å². The highest BCUT2D eigenvalue weighted by Gasteiger charge is 2.52. The fourth-order valence-corrected chi connectivity index (χ4v) is 6.88. The highest BCUT2D eigenvalue weighted by Crippen LogP contribution is 2.36. The maximum atomic E-state index is 12.6. The first kappa shape index (κ1) is 14.0. The van der Waals surface area contributed by atoms with Crippen molar-refractivity contribution in [1.29, 1.82) is 0 Å². The van der Waals surface area contributed by atoms with E-state index in [-0.39, 0.29) is 23.2 Å². The van der Waals surface area contributed by atoms with Gasteiger partial charge in [0.05, 0.1) is 15.9 Å². The lowest BCUT2D eigenvalue weighted by Crippen LogP contribution is -2.43. The molecule has 3 rings (SSSR count). The summed E-state index contributed by atoms with van der Waals surface area (Å²) >= 11 is 0. The maximum Gasteiger partial charge on any atom is 0.243 e. The fraction of sp³-hybridized carbons (Fsp3) is 0.538. The highest BCUT2D eigenvalue weighted by atomic mass is 32.2. The SMILES string of the molecule is CCc1ccc(S(=O)(=O)N2CC3CC2CS3(=O)=O)cc1. The maximum absolute atomic E-state index is 12.6. The van der Waals surface area contributed by atoms with Crippen molar-refractivity contribution in [3.05, 3.63) is 29.8 Å². The van der Waals surface area contributed by atoms with Crippen LogP contribution in [0, 0.1) is 0 Å². The summed E-state index contributed by atoms with van der Waals surface area (Å²) < 4.78 is 49.9. The van der Waals surface area contributed by atoms with Gasteiger partial charge in [0.25, 0.3) is 0 Å². The van der Waals surface area contributed by atoms with Crippen LogP contribution in [0.15, 0.2) is 29.2 Å². The number of rotatable bonds is 3. The zero-order chi connectivity index (χ0) is 14.5. The molecule has 1 aromatic carbocycles. The van der Waals surface area contributed by atoms with Crippen LogP contribution < -0.4 is 0 Å². The van der Waals surface area contributed by atoms with Crippen LogP contribution in [-0.4, -0.2) is 44.7 Å². The summed E-state index contributed by atoms with van der Waals surface area (Å²) in [5.74, 6) is -0.0378. The summed E-state index contributed by atoms with van der Waals surface area (Å²) in [5.41, 5.74) is 1.08. The molecule has 0 radical (unpaired) electrons. The van der Waals surface area contributed by atoms with E-state index in [1.54, 1.807) is 24.3 Å². The third-order valence-corrected chi connectivity index (χ3v) is 8.34. The minimum absolute atomic E-state index is 0.0378. The van der Waals surface area contributed by atoms with Gasteiger partial charge in [-0.15, -0.1) is 0 Å². The summed E-state index contributed by atoms with van der Waals surface area (Å²) in [6.07, 6.45) is 1.29. The van der Waals surface area contributed by atoms with Crippen molar-refractivity contribution in [1.82, 2.24) is 4.31 Å². The summed E-state index contributed by atoms with van der Waals surface area (Å²) in [6, 6.07) is 6.43.